The summed E-state index contributed by atoms with van der Waals surface area (Å²) < 4.78 is 4.63. The molecule has 0 bridgehead atoms. The fourth-order valence-corrected chi connectivity index (χ4v) is 1.41. The van der Waals surface area contributed by atoms with Gasteiger partial charge in [0, 0.05) is 0 Å². The minimum absolute atomic E-state index is 0.0278. The lowest BCUT2D eigenvalue weighted by molar-refractivity contribution is 0.0650. The largest absolute Gasteiger partial charge is 0.508 e. The number of hydrogen-bond donors (Lipinski definition) is 3. The standard InChI is InChI=1S/C10H8O.C4H10O3/c11-10-6-5-8-3-1-2-4-9(8)7-10;5-1-3-7-4-2-6/h1-7,11H;5-6H,1-4H2. The van der Waals surface area contributed by atoms with Crippen LogP contribution in [0.4, 0.5) is 0 Å². The summed E-state index contributed by atoms with van der Waals surface area (Å²) in [7, 11) is 0. The predicted molar refractivity (Wildman–Crippen MR) is 70.6 cm³/mol. The van der Waals surface area contributed by atoms with E-state index in [1.165, 1.54) is 0 Å². The first kappa shape index (κ1) is 14.4. The number of aromatic hydroxyl groups is 1. The van der Waals surface area contributed by atoms with Crippen LogP contribution in [0.15, 0.2) is 42.5 Å². The molecule has 18 heavy (non-hydrogen) atoms. The molecule has 2 aromatic rings. The van der Waals surface area contributed by atoms with E-state index in [4.69, 9.17) is 15.3 Å². The van der Waals surface area contributed by atoms with E-state index < -0.39 is 0 Å². The van der Waals surface area contributed by atoms with Crippen molar-refractivity contribution in [2.45, 2.75) is 0 Å². The molecule has 0 heterocycles. The summed E-state index contributed by atoms with van der Waals surface area (Å²) in [4.78, 5) is 0. The summed E-state index contributed by atoms with van der Waals surface area (Å²) in [5.41, 5.74) is 0. The Hall–Kier alpha value is -1.62. The van der Waals surface area contributed by atoms with Crippen LogP contribution >= 0.6 is 0 Å². The van der Waals surface area contributed by atoms with Crippen LogP contribution in [-0.2, 0) is 4.74 Å². The van der Waals surface area contributed by atoms with Crippen LogP contribution in [0.3, 0.4) is 0 Å². The molecule has 0 aromatic heterocycles. The molecule has 98 valence electrons. The molecule has 0 saturated carbocycles. The average molecular weight is 250 g/mol. The molecule has 4 heteroatoms. The monoisotopic (exact) mass is 250 g/mol. The Morgan fingerprint density at radius 3 is 2.06 bits per heavy atom. The van der Waals surface area contributed by atoms with Crippen molar-refractivity contribution in [1.82, 2.24) is 0 Å². The Kier molecular flexibility index (Phi) is 6.79. The van der Waals surface area contributed by atoms with Crippen molar-refractivity contribution in [2.24, 2.45) is 0 Å². The predicted octanol–water partition coefficient (Wildman–Crippen LogP) is 1.53. The van der Waals surface area contributed by atoms with Gasteiger partial charge in [-0.1, -0.05) is 30.3 Å². The first-order chi connectivity index (χ1) is 8.77. The van der Waals surface area contributed by atoms with E-state index in [1.807, 2.05) is 30.3 Å². The summed E-state index contributed by atoms with van der Waals surface area (Å²) >= 11 is 0. The highest BCUT2D eigenvalue weighted by Crippen LogP contribution is 2.18. The molecule has 0 saturated heterocycles. The molecule has 0 aliphatic carbocycles. The number of fused-ring (bicyclic) bond motifs is 1. The number of rotatable bonds is 4. The second kappa shape index (κ2) is 8.47. The van der Waals surface area contributed by atoms with Gasteiger partial charge in [-0.3, -0.25) is 0 Å². The lowest BCUT2D eigenvalue weighted by Crippen LogP contribution is -2.03. The molecule has 0 atom stereocenters. The zero-order valence-electron chi connectivity index (χ0n) is 10.1. The number of benzene rings is 2. The Morgan fingerprint density at radius 2 is 1.44 bits per heavy atom. The van der Waals surface area contributed by atoms with E-state index in [-0.39, 0.29) is 13.2 Å². The van der Waals surface area contributed by atoms with Crippen LogP contribution in [0.5, 0.6) is 5.75 Å². The SMILES string of the molecule is OCCOCCO.Oc1ccc2ccccc2c1. The van der Waals surface area contributed by atoms with Gasteiger partial charge in [-0.25, -0.2) is 0 Å². The van der Waals surface area contributed by atoms with Gasteiger partial charge in [-0.05, 0) is 22.9 Å². The van der Waals surface area contributed by atoms with E-state index in [0.29, 0.717) is 19.0 Å². The second-order valence-electron chi connectivity index (χ2n) is 3.59. The van der Waals surface area contributed by atoms with Gasteiger partial charge in [0.2, 0.25) is 0 Å². The zero-order chi connectivity index (χ0) is 13.2. The van der Waals surface area contributed by atoms with Crippen LogP contribution in [0.25, 0.3) is 10.8 Å². The van der Waals surface area contributed by atoms with Gasteiger partial charge in [0.15, 0.2) is 0 Å². The molecule has 0 aliphatic rings. The number of ether oxygens (including phenoxy) is 1. The summed E-state index contributed by atoms with van der Waals surface area (Å²) in [6, 6.07) is 13.3. The van der Waals surface area contributed by atoms with Crippen molar-refractivity contribution < 1.29 is 20.1 Å². The third kappa shape index (κ3) is 5.14. The molecule has 0 aliphatic heterocycles. The lowest BCUT2D eigenvalue weighted by atomic mass is 10.1. The Balaban J connectivity index is 0.000000203. The van der Waals surface area contributed by atoms with E-state index in [0.717, 1.165) is 10.8 Å². The Labute approximate surface area is 106 Å². The molecule has 0 spiro atoms. The molecule has 2 aromatic carbocycles. The van der Waals surface area contributed by atoms with Crippen LogP contribution < -0.4 is 0 Å². The normalized spacial score (nSPS) is 9.89. The van der Waals surface area contributed by atoms with Gasteiger partial charge in [0.05, 0.1) is 26.4 Å². The average Bonchev–Trinajstić information content (AvgIpc) is 2.40. The van der Waals surface area contributed by atoms with Gasteiger partial charge >= 0.3 is 0 Å². The van der Waals surface area contributed by atoms with Crippen molar-refractivity contribution in [1.29, 1.82) is 0 Å². The van der Waals surface area contributed by atoms with Gasteiger partial charge in [-0.15, -0.1) is 0 Å². The van der Waals surface area contributed by atoms with Crippen molar-refractivity contribution >= 4 is 10.8 Å². The highest BCUT2D eigenvalue weighted by atomic mass is 16.5. The van der Waals surface area contributed by atoms with Crippen LogP contribution in [0.2, 0.25) is 0 Å². The highest BCUT2D eigenvalue weighted by molar-refractivity contribution is 5.83. The lowest BCUT2D eigenvalue weighted by Gasteiger charge is -1.96. The third-order valence-electron chi connectivity index (χ3n) is 2.20. The van der Waals surface area contributed by atoms with Crippen LogP contribution in [-0.4, -0.2) is 41.7 Å². The molecule has 0 radical (unpaired) electrons. The van der Waals surface area contributed by atoms with E-state index >= 15 is 0 Å². The zero-order valence-corrected chi connectivity index (χ0v) is 10.1. The van der Waals surface area contributed by atoms with E-state index in [9.17, 15) is 0 Å². The number of phenols is 1. The molecule has 2 rings (SSSR count). The second-order valence-corrected chi connectivity index (χ2v) is 3.59. The van der Waals surface area contributed by atoms with Crippen LogP contribution in [0, 0.1) is 0 Å². The van der Waals surface area contributed by atoms with Crippen molar-refractivity contribution in [3.63, 3.8) is 0 Å². The number of hydrogen-bond acceptors (Lipinski definition) is 4. The fourth-order valence-electron chi connectivity index (χ4n) is 1.41. The molecular formula is C14H18O4. The van der Waals surface area contributed by atoms with Gasteiger partial charge in [0.1, 0.15) is 5.75 Å². The molecule has 0 unspecified atom stereocenters. The molecule has 0 amide bonds. The number of aliphatic hydroxyl groups excluding tert-OH is 2. The molecule has 0 fully saturated rings. The maximum atomic E-state index is 9.13. The van der Waals surface area contributed by atoms with Crippen LogP contribution in [0.1, 0.15) is 0 Å². The van der Waals surface area contributed by atoms with E-state index in [2.05, 4.69) is 4.74 Å². The number of phenolic OH excluding ortho intramolecular Hbond substituents is 1. The summed E-state index contributed by atoms with van der Waals surface area (Å²) in [5, 5.41) is 27.5. The van der Waals surface area contributed by atoms with Gasteiger partial charge < -0.3 is 20.1 Å². The van der Waals surface area contributed by atoms with Gasteiger partial charge in [-0.2, -0.15) is 0 Å². The first-order valence-corrected chi connectivity index (χ1v) is 5.75. The topological polar surface area (TPSA) is 69.9 Å². The minimum Gasteiger partial charge on any atom is -0.508 e. The summed E-state index contributed by atoms with van der Waals surface area (Å²) in [5.74, 6) is 0.323. The molecule has 4 nitrogen and oxygen atoms in total. The molecular weight excluding hydrogens is 232 g/mol. The van der Waals surface area contributed by atoms with Crippen molar-refractivity contribution in [3.8, 4) is 5.75 Å². The third-order valence-corrected chi connectivity index (χ3v) is 2.20. The van der Waals surface area contributed by atoms with E-state index in [1.54, 1.807) is 12.1 Å². The van der Waals surface area contributed by atoms with Crippen molar-refractivity contribution in [3.05, 3.63) is 42.5 Å². The summed E-state index contributed by atoms with van der Waals surface area (Å²) in [6.07, 6.45) is 0. The highest BCUT2D eigenvalue weighted by Gasteiger charge is 1.91. The minimum atomic E-state index is 0.0278. The molecule has 3 N–H and O–H groups in total. The quantitative estimate of drug-likeness (QED) is 0.720. The first-order valence-electron chi connectivity index (χ1n) is 5.75. The fraction of sp³-hybridized carbons (Fsp3) is 0.286. The Bertz CT molecular complexity index is 452. The Morgan fingerprint density at radius 1 is 0.833 bits per heavy atom. The van der Waals surface area contributed by atoms with Gasteiger partial charge in [0.25, 0.3) is 0 Å². The number of aliphatic hydroxyl groups is 2. The smallest absolute Gasteiger partial charge is 0.116 e. The van der Waals surface area contributed by atoms with Crippen molar-refractivity contribution in [2.75, 3.05) is 26.4 Å². The maximum absolute atomic E-state index is 9.13. The summed E-state index contributed by atoms with van der Waals surface area (Å²) in [6.45, 7) is 0.696. The maximum Gasteiger partial charge on any atom is 0.116 e.